The van der Waals surface area contributed by atoms with Gasteiger partial charge in [-0.1, -0.05) is 0 Å². The number of hydrogen-bond acceptors (Lipinski definition) is 4. The summed E-state index contributed by atoms with van der Waals surface area (Å²) < 4.78 is 5.27. The molecule has 0 aromatic carbocycles. The Bertz CT molecular complexity index is 303. The van der Waals surface area contributed by atoms with Crippen molar-refractivity contribution in [3.05, 3.63) is 12.3 Å². The molecular formula is C10H15N3O. The zero-order valence-corrected chi connectivity index (χ0v) is 8.20. The van der Waals surface area contributed by atoms with Crippen LogP contribution in [0.1, 0.15) is 43.9 Å². The largest absolute Gasteiger partial charge is 0.428 e. The summed E-state index contributed by atoms with van der Waals surface area (Å²) in [6.07, 6.45) is 7.70. The molecule has 1 aliphatic heterocycles. The van der Waals surface area contributed by atoms with E-state index in [9.17, 15) is 0 Å². The van der Waals surface area contributed by atoms with Crippen LogP contribution in [0.4, 0.5) is 0 Å². The minimum absolute atomic E-state index is 0.402. The summed E-state index contributed by atoms with van der Waals surface area (Å²) in [5.74, 6) is 1.32. The maximum Gasteiger partial charge on any atom is 0.219 e. The molecule has 0 radical (unpaired) electrons. The van der Waals surface area contributed by atoms with Gasteiger partial charge in [0.15, 0.2) is 0 Å². The van der Waals surface area contributed by atoms with E-state index in [1.807, 2.05) is 0 Å². The van der Waals surface area contributed by atoms with E-state index >= 15 is 0 Å². The molecule has 2 aliphatic rings. The van der Waals surface area contributed by atoms with Gasteiger partial charge < -0.3 is 9.73 Å². The average molecular weight is 193 g/mol. The lowest BCUT2D eigenvalue weighted by Gasteiger charge is -2.23. The van der Waals surface area contributed by atoms with Crippen LogP contribution in [0, 0.1) is 0 Å². The Balaban J connectivity index is 1.75. The van der Waals surface area contributed by atoms with Crippen molar-refractivity contribution in [2.24, 2.45) is 0 Å². The Kier molecular flexibility index (Phi) is 1.83. The van der Waals surface area contributed by atoms with Crippen LogP contribution >= 0.6 is 0 Å². The molecule has 1 saturated heterocycles. The van der Waals surface area contributed by atoms with Crippen molar-refractivity contribution >= 4 is 0 Å². The monoisotopic (exact) mass is 193 g/mol. The molecule has 3 rings (SSSR count). The molecule has 76 valence electrons. The lowest BCUT2D eigenvalue weighted by Crippen LogP contribution is -2.36. The molecule has 4 heteroatoms. The fourth-order valence-electron chi connectivity index (χ4n) is 2.95. The predicted molar refractivity (Wildman–Crippen MR) is 50.9 cm³/mol. The SMILES string of the molecule is c1nnc(C2CCC3(CCCN3)C2)o1. The van der Waals surface area contributed by atoms with Crippen LogP contribution in [0.25, 0.3) is 0 Å². The fourth-order valence-corrected chi connectivity index (χ4v) is 2.95. The smallest absolute Gasteiger partial charge is 0.219 e. The van der Waals surface area contributed by atoms with Crippen LogP contribution in [0.3, 0.4) is 0 Å². The first-order valence-corrected chi connectivity index (χ1v) is 5.39. The van der Waals surface area contributed by atoms with Crippen molar-refractivity contribution in [2.75, 3.05) is 6.54 Å². The van der Waals surface area contributed by atoms with Gasteiger partial charge in [0.1, 0.15) is 0 Å². The van der Waals surface area contributed by atoms with Gasteiger partial charge >= 0.3 is 0 Å². The first kappa shape index (κ1) is 8.41. The summed E-state index contributed by atoms with van der Waals surface area (Å²) in [7, 11) is 0. The Hall–Kier alpha value is -0.900. The zero-order valence-electron chi connectivity index (χ0n) is 8.20. The van der Waals surface area contributed by atoms with Crippen molar-refractivity contribution in [2.45, 2.75) is 43.6 Å². The molecule has 1 N–H and O–H groups in total. The second-order valence-electron chi connectivity index (χ2n) is 4.53. The second-order valence-corrected chi connectivity index (χ2v) is 4.53. The number of hydrogen-bond donors (Lipinski definition) is 1. The van der Waals surface area contributed by atoms with E-state index < -0.39 is 0 Å². The van der Waals surface area contributed by atoms with Crippen LogP contribution in [0.15, 0.2) is 10.8 Å². The van der Waals surface area contributed by atoms with E-state index in [0.717, 1.165) is 5.89 Å². The highest BCUT2D eigenvalue weighted by atomic mass is 16.4. The van der Waals surface area contributed by atoms with Crippen LogP contribution in [0.2, 0.25) is 0 Å². The van der Waals surface area contributed by atoms with E-state index in [1.54, 1.807) is 0 Å². The van der Waals surface area contributed by atoms with Crippen molar-refractivity contribution in [3.63, 3.8) is 0 Å². The Labute approximate surface area is 83.1 Å². The van der Waals surface area contributed by atoms with Crippen molar-refractivity contribution in [1.29, 1.82) is 0 Å². The lowest BCUT2D eigenvalue weighted by molar-refractivity contribution is 0.369. The van der Waals surface area contributed by atoms with Gasteiger partial charge in [-0.3, -0.25) is 0 Å². The van der Waals surface area contributed by atoms with E-state index in [1.165, 1.54) is 45.0 Å². The third-order valence-corrected chi connectivity index (χ3v) is 3.67. The van der Waals surface area contributed by atoms with E-state index in [0.29, 0.717) is 11.5 Å². The van der Waals surface area contributed by atoms with Gasteiger partial charge in [0, 0.05) is 11.5 Å². The molecule has 2 heterocycles. The maximum absolute atomic E-state index is 5.27. The molecule has 1 saturated carbocycles. The van der Waals surface area contributed by atoms with Crippen LogP contribution in [-0.2, 0) is 0 Å². The minimum Gasteiger partial charge on any atom is -0.428 e. The van der Waals surface area contributed by atoms with Gasteiger partial charge in [-0.25, -0.2) is 0 Å². The molecule has 2 atom stereocenters. The summed E-state index contributed by atoms with van der Waals surface area (Å²) in [5.41, 5.74) is 0.402. The van der Waals surface area contributed by atoms with Gasteiger partial charge in [0.25, 0.3) is 0 Å². The molecule has 4 nitrogen and oxygen atoms in total. The Morgan fingerprint density at radius 1 is 1.50 bits per heavy atom. The molecule has 2 unspecified atom stereocenters. The number of rotatable bonds is 1. The quantitative estimate of drug-likeness (QED) is 0.733. The highest BCUT2D eigenvalue weighted by Gasteiger charge is 2.42. The third-order valence-electron chi connectivity index (χ3n) is 3.67. The molecule has 0 amide bonds. The minimum atomic E-state index is 0.402. The molecule has 1 aromatic rings. The van der Waals surface area contributed by atoms with Crippen molar-refractivity contribution in [3.8, 4) is 0 Å². The van der Waals surface area contributed by atoms with Gasteiger partial charge in [-0.2, -0.15) is 0 Å². The lowest BCUT2D eigenvalue weighted by atomic mass is 9.94. The highest BCUT2D eigenvalue weighted by Crippen LogP contribution is 2.44. The van der Waals surface area contributed by atoms with E-state index in [2.05, 4.69) is 15.5 Å². The highest BCUT2D eigenvalue weighted by molar-refractivity contribution is 5.06. The standard InChI is InChI=1S/C10H15N3O/c1-3-10(11-5-1)4-2-8(6-10)9-13-12-7-14-9/h7-8,11H,1-6H2. The molecule has 1 aliphatic carbocycles. The Morgan fingerprint density at radius 3 is 3.21 bits per heavy atom. The van der Waals surface area contributed by atoms with Gasteiger partial charge in [0.2, 0.25) is 12.3 Å². The third kappa shape index (κ3) is 1.25. The van der Waals surface area contributed by atoms with E-state index in [4.69, 9.17) is 4.42 Å². The number of aromatic nitrogens is 2. The fraction of sp³-hybridized carbons (Fsp3) is 0.800. The number of nitrogens with one attached hydrogen (secondary N) is 1. The normalized spacial score (nSPS) is 37.0. The van der Waals surface area contributed by atoms with Crippen LogP contribution in [0.5, 0.6) is 0 Å². The van der Waals surface area contributed by atoms with E-state index in [-0.39, 0.29) is 0 Å². The average Bonchev–Trinajstić information content (AvgIpc) is 2.91. The number of nitrogens with zero attached hydrogens (tertiary/aromatic N) is 2. The molecule has 2 fully saturated rings. The molecular weight excluding hydrogens is 178 g/mol. The first-order chi connectivity index (χ1) is 6.88. The van der Waals surface area contributed by atoms with Crippen LogP contribution in [-0.4, -0.2) is 22.3 Å². The van der Waals surface area contributed by atoms with Gasteiger partial charge in [-0.15, -0.1) is 10.2 Å². The molecule has 14 heavy (non-hydrogen) atoms. The molecule has 0 bridgehead atoms. The molecule has 1 aromatic heterocycles. The second kappa shape index (κ2) is 3.05. The van der Waals surface area contributed by atoms with Crippen LogP contribution < -0.4 is 5.32 Å². The summed E-state index contributed by atoms with van der Waals surface area (Å²) >= 11 is 0. The summed E-state index contributed by atoms with van der Waals surface area (Å²) in [6, 6.07) is 0. The van der Waals surface area contributed by atoms with Crippen molar-refractivity contribution in [1.82, 2.24) is 15.5 Å². The topological polar surface area (TPSA) is 51.0 Å². The summed E-state index contributed by atoms with van der Waals surface area (Å²) in [6.45, 7) is 1.18. The zero-order chi connectivity index (χ0) is 9.43. The Morgan fingerprint density at radius 2 is 2.50 bits per heavy atom. The van der Waals surface area contributed by atoms with Gasteiger partial charge in [0.05, 0.1) is 0 Å². The maximum atomic E-state index is 5.27. The first-order valence-electron chi connectivity index (χ1n) is 5.39. The predicted octanol–water partition coefficient (Wildman–Crippen LogP) is 1.46. The van der Waals surface area contributed by atoms with Crippen molar-refractivity contribution < 1.29 is 4.42 Å². The molecule has 1 spiro atoms. The summed E-state index contributed by atoms with van der Waals surface area (Å²) in [5, 5.41) is 11.4. The van der Waals surface area contributed by atoms with Gasteiger partial charge in [-0.05, 0) is 38.6 Å². The summed E-state index contributed by atoms with van der Waals surface area (Å²) in [4.78, 5) is 0.